The van der Waals surface area contributed by atoms with E-state index in [2.05, 4.69) is 10.5 Å². The maximum Gasteiger partial charge on any atom is 0.320 e. The highest BCUT2D eigenvalue weighted by atomic mass is 16.5. The van der Waals surface area contributed by atoms with Gasteiger partial charge in [0.05, 0.1) is 5.69 Å². The van der Waals surface area contributed by atoms with Gasteiger partial charge in [-0.3, -0.25) is 14.5 Å². The molecule has 31 heavy (non-hydrogen) atoms. The van der Waals surface area contributed by atoms with Crippen molar-refractivity contribution >= 4 is 17.6 Å². The number of likely N-dealkylation sites (tertiary alicyclic amines) is 1. The molecule has 2 aliphatic heterocycles. The summed E-state index contributed by atoms with van der Waals surface area (Å²) in [6, 6.07) is 14.5. The lowest BCUT2D eigenvalue weighted by Crippen LogP contribution is -2.55. The number of fused-ring (bicyclic) bond motifs is 1. The molecule has 0 radical (unpaired) electrons. The van der Waals surface area contributed by atoms with E-state index in [1.54, 1.807) is 0 Å². The molecule has 0 saturated carbocycles. The molecule has 0 bridgehead atoms. The summed E-state index contributed by atoms with van der Waals surface area (Å²) in [6.07, 6.45) is 1.23. The van der Waals surface area contributed by atoms with Gasteiger partial charge in [0.1, 0.15) is 11.8 Å². The van der Waals surface area contributed by atoms with Gasteiger partial charge in [0.15, 0.2) is 5.54 Å². The average Bonchev–Trinajstić information content (AvgIpc) is 3.44. The van der Waals surface area contributed by atoms with E-state index >= 15 is 0 Å². The first kappa shape index (κ1) is 19.5. The van der Waals surface area contributed by atoms with Crippen molar-refractivity contribution < 1.29 is 19.2 Å². The number of carbonyl (C=O) groups is 2. The Kier molecular flexibility index (Phi) is 4.44. The lowest BCUT2D eigenvalue weighted by molar-refractivity contribution is -0.145. The molecule has 2 aliphatic rings. The number of hydrogen-bond donors (Lipinski definition) is 2. The van der Waals surface area contributed by atoms with Gasteiger partial charge in [-0.1, -0.05) is 41.6 Å². The van der Waals surface area contributed by atoms with Gasteiger partial charge >= 0.3 is 5.97 Å². The van der Waals surface area contributed by atoms with Crippen molar-refractivity contribution in [3.05, 3.63) is 71.1 Å². The third kappa shape index (κ3) is 2.73. The summed E-state index contributed by atoms with van der Waals surface area (Å²) in [7, 11) is 0. The number of carbonyl (C=O) groups excluding carboxylic acids is 1. The smallest absolute Gasteiger partial charge is 0.320 e. The van der Waals surface area contributed by atoms with E-state index in [9.17, 15) is 14.7 Å². The zero-order valence-corrected chi connectivity index (χ0v) is 17.4. The first-order chi connectivity index (χ1) is 14.9. The second kappa shape index (κ2) is 7.06. The summed E-state index contributed by atoms with van der Waals surface area (Å²) < 4.78 is 5.35. The third-order valence-corrected chi connectivity index (χ3v) is 6.47. The second-order valence-electron chi connectivity index (χ2n) is 8.18. The minimum Gasteiger partial charge on any atom is -0.480 e. The second-order valence-corrected chi connectivity index (χ2v) is 8.18. The number of rotatable bonds is 4. The molecular weight excluding hydrogens is 394 g/mol. The molecule has 2 atom stereocenters. The van der Waals surface area contributed by atoms with Gasteiger partial charge in [-0.25, -0.2) is 0 Å². The van der Waals surface area contributed by atoms with Crippen LogP contribution in [0.15, 0.2) is 53.1 Å². The Balaban J connectivity index is 1.78. The van der Waals surface area contributed by atoms with E-state index in [4.69, 9.17) is 4.52 Å². The van der Waals surface area contributed by atoms with E-state index in [0.717, 1.165) is 34.4 Å². The summed E-state index contributed by atoms with van der Waals surface area (Å²) >= 11 is 0. The minimum atomic E-state index is -1.22. The number of carboxylic acid groups (broad SMARTS) is 1. The summed E-state index contributed by atoms with van der Waals surface area (Å²) in [5.41, 5.74) is 3.54. The maximum absolute atomic E-state index is 13.7. The summed E-state index contributed by atoms with van der Waals surface area (Å²) in [6.45, 7) is 4.26. The van der Waals surface area contributed by atoms with Crippen molar-refractivity contribution in [1.82, 2.24) is 10.1 Å². The van der Waals surface area contributed by atoms with Crippen LogP contribution in [-0.4, -0.2) is 39.6 Å². The van der Waals surface area contributed by atoms with Crippen LogP contribution in [0.25, 0.3) is 11.1 Å². The van der Waals surface area contributed by atoms with Crippen molar-refractivity contribution in [2.24, 2.45) is 0 Å². The Morgan fingerprint density at radius 1 is 1.23 bits per heavy atom. The van der Waals surface area contributed by atoms with Crippen LogP contribution in [0.3, 0.4) is 0 Å². The van der Waals surface area contributed by atoms with Gasteiger partial charge in [-0.15, -0.1) is 0 Å². The predicted molar refractivity (Wildman–Crippen MR) is 115 cm³/mol. The summed E-state index contributed by atoms with van der Waals surface area (Å²) in [4.78, 5) is 27.6. The molecule has 2 aromatic carbocycles. The van der Waals surface area contributed by atoms with E-state index < -0.39 is 17.6 Å². The van der Waals surface area contributed by atoms with Gasteiger partial charge in [0, 0.05) is 23.4 Å². The number of hydrogen-bond acceptors (Lipinski definition) is 5. The monoisotopic (exact) mass is 417 g/mol. The Morgan fingerprint density at radius 3 is 2.68 bits per heavy atom. The number of aryl methyl sites for hydroxylation is 2. The molecule has 0 aliphatic carbocycles. The van der Waals surface area contributed by atoms with Crippen LogP contribution in [0.4, 0.5) is 5.69 Å². The molecule has 1 amide bonds. The number of anilines is 1. The number of aliphatic carboxylic acids is 1. The predicted octanol–water partition coefficient (Wildman–Crippen LogP) is 3.70. The molecule has 1 unspecified atom stereocenters. The normalized spacial score (nSPS) is 23.0. The van der Waals surface area contributed by atoms with E-state index in [1.807, 2.05) is 67.3 Å². The van der Waals surface area contributed by atoms with Crippen LogP contribution in [0.1, 0.15) is 35.4 Å². The molecule has 3 heterocycles. The highest BCUT2D eigenvalue weighted by Gasteiger charge is 2.56. The van der Waals surface area contributed by atoms with Crippen molar-refractivity contribution in [3.63, 3.8) is 0 Å². The summed E-state index contributed by atoms with van der Waals surface area (Å²) in [5, 5.41) is 17.0. The van der Waals surface area contributed by atoms with Crippen LogP contribution in [0.5, 0.6) is 0 Å². The van der Waals surface area contributed by atoms with Crippen LogP contribution in [0.2, 0.25) is 0 Å². The largest absolute Gasteiger partial charge is 0.480 e. The lowest BCUT2D eigenvalue weighted by atomic mass is 9.80. The molecule has 1 aromatic heterocycles. The Labute approximate surface area is 179 Å². The Bertz CT molecular complexity index is 1170. The molecular formula is C24H23N3O4. The van der Waals surface area contributed by atoms with Crippen LogP contribution in [-0.2, 0) is 15.1 Å². The van der Waals surface area contributed by atoms with Crippen molar-refractivity contribution in [1.29, 1.82) is 0 Å². The zero-order chi connectivity index (χ0) is 21.8. The minimum absolute atomic E-state index is 0.224. The van der Waals surface area contributed by atoms with Crippen LogP contribution >= 0.6 is 0 Å². The quantitative estimate of drug-likeness (QED) is 0.672. The van der Waals surface area contributed by atoms with Gasteiger partial charge in [-0.05, 0) is 49.9 Å². The molecule has 158 valence electrons. The molecule has 3 aromatic rings. The average molecular weight is 417 g/mol. The van der Waals surface area contributed by atoms with Crippen molar-refractivity contribution in [2.45, 2.75) is 38.3 Å². The molecule has 1 fully saturated rings. The molecule has 5 rings (SSSR count). The third-order valence-electron chi connectivity index (χ3n) is 6.47. The molecule has 7 nitrogen and oxygen atoms in total. The van der Waals surface area contributed by atoms with Crippen molar-refractivity contribution in [2.75, 3.05) is 11.9 Å². The van der Waals surface area contributed by atoms with E-state index in [0.29, 0.717) is 24.4 Å². The number of aromatic nitrogens is 1. The maximum atomic E-state index is 13.7. The number of nitrogens with zero attached hydrogens (tertiary/aromatic N) is 2. The number of nitrogens with one attached hydrogen (secondary N) is 1. The number of benzene rings is 2. The zero-order valence-electron chi connectivity index (χ0n) is 17.4. The SMILES string of the molecule is Cc1noc(C)c1-c1ccc2c(c1)C(c1ccccc1)(N1CCC[C@H]1C(=O)O)C(=O)N2. The number of amides is 1. The Hall–Kier alpha value is -3.45. The number of carboxylic acids is 1. The fraction of sp³-hybridized carbons (Fsp3) is 0.292. The standard InChI is InChI=1S/C24H23N3O4/c1-14-21(15(2)31-26-14)16-10-11-19-18(13-16)24(23(30)25-19,17-7-4-3-5-8-17)27-12-6-9-20(27)22(28)29/h3-5,7-8,10-11,13,20H,6,9,12H2,1-2H3,(H,25,30)(H,28,29)/t20-,24?/m0/s1. The fourth-order valence-electron chi connectivity index (χ4n) is 5.18. The van der Waals surface area contributed by atoms with Crippen molar-refractivity contribution in [3.8, 4) is 11.1 Å². The topological polar surface area (TPSA) is 95.7 Å². The van der Waals surface area contributed by atoms with Crippen LogP contribution in [0, 0.1) is 13.8 Å². The first-order valence-corrected chi connectivity index (χ1v) is 10.4. The molecule has 1 saturated heterocycles. The van der Waals surface area contributed by atoms with Gasteiger partial charge < -0.3 is 14.9 Å². The van der Waals surface area contributed by atoms with Gasteiger partial charge in [0.25, 0.3) is 5.91 Å². The Morgan fingerprint density at radius 2 is 2.00 bits per heavy atom. The van der Waals surface area contributed by atoms with Crippen LogP contribution < -0.4 is 5.32 Å². The molecule has 7 heteroatoms. The summed E-state index contributed by atoms with van der Waals surface area (Å²) in [5.74, 6) is -0.432. The molecule has 0 spiro atoms. The first-order valence-electron chi connectivity index (χ1n) is 10.4. The molecule has 2 N–H and O–H groups in total. The van der Waals surface area contributed by atoms with E-state index in [1.165, 1.54) is 0 Å². The highest BCUT2D eigenvalue weighted by molar-refractivity contribution is 6.09. The lowest BCUT2D eigenvalue weighted by Gasteiger charge is -2.40. The fourth-order valence-corrected chi connectivity index (χ4v) is 5.18. The van der Waals surface area contributed by atoms with E-state index in [-0.39, 0.29) is 5.91 Å². The van der Waals surface area contributed by atoms with Gasteiger partial charge in [0.2, 0.25) is 0 Å². The highest BCUT2D eigenvalue weighted by Crippen LogP contribution is 2.49. The van der Waals surface area contributed by atoms with Gasteiger partial charge in [-0.2, -0.15) is 0 Å².